The molecule has 0 saturated heterocycles. The Morgan fingerprint density at radius 1 is 1.39 bits per heavy atom. The molecule has 0 bridgehead atoms. The highest BCUT2D eigenvalue weighted by Crippen LogP contribution is 2.40. The predicted molar refractivity (Wildman–Crippen MR) is 91.3 cm³/mol. The molecule has 0 saturated carbocycles. The fourth-order valence-electron chi connectivity index (χ4n) is 2.68. The van der Waals surface area contributed by atoms with Crippen LogP contribution in [0.15, 0.2) is 11.4 Å². The lowest BCUT2D eigenvalue weighted by Gasteiger charge is -2.18. The SMILES string of the molecule is CC(=O)NNC(=O)CSc1ncnc2sc3c(c12)CC[C@@H](C)C3. The first kappa shape index (κ1) is 16.2. The number of nitrogens with one attached hydrogen (secondary N) is 2. The van der Waals surface area contributed by atoms with Crippen molar-refractivity contribution in [1.29, 1.82) is 0 Å². The van der Waals surface area contributed by atoms with Gasteiger partial charge in [0.1, 0.15) is 16.2 Å². The van der Waals surface area contributed by atoms with E-state index in [2.05, 4.69) is 27.7 Å². The number of amides is 2. The van der Waals surface area contributed by atoms with Gasteiger partial charge in [-0.1, -0.05) is 18.7 Å². The number of carbonyl (C=O) groups is 2. The van der Waals surface area contributed by atoms with Crippen LogP contribution in [-0.4, -0.2) is 27.5 Å². The van der Waals surface area contributed by atoms with Crippen molar-refractivity contribution in [1.82, 2.24) is 20.8 Å². The molecule has 1 atom stereocenters. The average Bonchev–Trinajstić information content (AvgIpc) is 2.88. The Kier molecular flexibility index (Phi) is 4.82. The van der Waals surface area contributed by atoms with E-state index in [-0.39, 0.29) is 17.6 Å². The second-order valence-corrected chi connectivity index (χ2v) is 7.78. The van der Waals surface area contributed by atoms with Crippen LogP contribution in [0, 0.1) is 5.92 Å². The third-order valence-electron chi connectivity index (χ3n) is 3.77. The van der Waals surface area contributed by atoms with Crippen LogP contribution in [0.4, 0.5) is 0 Å². The van der Waals surface area contributed by atoms with E-state index < -0.39 is 0 Å². The molecule has 2 aromatic rings. The molecular weight excluding hydrogens is 332 g/mol. The van der Waals surface area contributed by atoms with Crippen LogP contribution in [0.1, 0.15) is 30.7 Å². The Hall–Kier alpha value is -1.67. The average molecular weight is 350 g/mol. The smallest absolute Gasteiger partial charge is 0.248 e. The van der Waals surface area contributed by atoms with Crippen LogP contribution in [0.3, 0.4) is 0 Å². The van der Waals surface area contributed by atoms with Crippen LogP contribution in [0.5, 0.6) is 0 Å². The predicted octanol–water partition coefficient (Wildman–Crippen LogP) is 2.08. The normalized spacial score (nSPS) is 16.9. The molecule has 2 aromatic heterocycles. The lowest BCUT2D eigenvalue weighted by Crippen LogP contribution is -2.41. The van der Waals surface area contributed by atoms with Crippen LogP contribution < -0.4 is 10.9 Å². The highest BCUT2D eigenvalue weighted by Gasteiger charge is 2.23. The van der Waals surface area contributed by atoms with Gasteiger partial charge in [-0.15, -0.1) is 11.3 Å². The number of nitrogens with zero attached hydrogens (tertiary/aromatic N) is 2. The zero-order valence-corrected chi connectivity index (χ0v) is 14.6. The van der Waals surface area contributed by atoms with Crippen LogP contribution in [-0.2, 0) is 22.4 Å². The van der Waals surface area contributed by atoms with Gasteiger partial charge in [-0.05, 0) is 30.7 Å². The van der Waals surface area contributed by atoms with Crippen molar-refractivity contribution in [2.75, 3.05) is 5.75 Å². The van der Waals surface area contributed by atoms with Crippen molar-refractivity contribution >= 4 is 45.1 Å². The van der Waals surface area contributed by atoms with E-state index in [9.17, 15) is 9.59 Å². The van der Waals surface area contributed by atoms with Gasteiger partial charge in [0.15, 0.2) is 0 Å². The van der Waals surface area contributed by atoms with Crippen molar-refractivity contribution in [3.8, 4) is 0 Å². The third-order valence-corrected chi connectivity index (χ3v) is 5.93. The molecule has 122 valence electrons. The molecule has 2 N–H and O–H groups in total. The molecule has 0 fully saturated rings. The molecule has 2 amide bonds. The van der Waals surface area contributed by atoms with Gasteiger partial charge in [0, 0.05) is 17.2 Å². The van der Waals surface area contributed by atoms with Gasteiger partial charge < -0.3 is 0 Å². The summed E-state index contributed by atoms with van der Waals surface area (Å²) in [7, 11) is 0. The molecular formula is C15H18N4O2S2. The van der Waals surface area contributed by atoms with E-state index in [1.807, 2.05) is 0 Å². The Morgan fingerprint density at radius 3 is 3.00 bits per heavy atom. The number of thioether (sulfide) groups is 1. The van der Waals surface area contributed by atoms with Gasteiger partial charge in [-0.25, -0.2) is 9.97 Å². The minimum absolute atomic E-state index is 0.202. The maximum absolute atomic E-state index is 11.7. The van der Waals surface area contributed by atoms with Gasteiger partial charge >= 0.3 is 0 Å². The van der Waals surface area contributed by atoms with Crippen molar-refractivity contribution in [2.24, 2.45) is 5.92 Å². The summed E-state index contributed by atoms with van der Waals surface area (Å²) in [5.41, 5.74) is 6.00. The standard InChI is InChI=1S/C15H18N4O2S2/c1-8-3-4-10-11(5-8)23-15-13(10)14(16-7-17-15)22-6-12(21)19-18-9(2)20/h7-8H,3-6H2,1-2H3,(H,18,20)(H,19,21)/t8-/m1/s1. The van der Waals surface area contributed by atoms with Gasteiger partial charge in [0.05, 0.1) is 5.75 Å². The topological polar surface area (TPSA) is 84.0 Å². The minimum Gasteiger partial charge on any atom is -0.274 e. The van der Waals surface area contributed by atoms with E-state index in [0.29, 0.717) is 5.92 Å². The summed E-state index contributed by atoms with van der Waals surface area (Å²) in [5, 5.41) is 1.96. The summed E-state index contributed by atoms with van der Waals surface area (Å²) in [4.78, 5) is 33.7. The first-order valence-electron chi connectivity index (χ1n) is 7.48. The molecule has 1 aliphatic carbocycles. The van der Waals surface area contributed by atoms with E-state index in [0.717, 1.165) is 28.1 Å². The Bertz CT molecular complexity index is 759. The molecule has 8 heteroatoms. The van der Waals surface area contributed by atoms with Gasteiger partial charge in [-0.3, -0.25) is 20.4 Å². The lowest BCUT2D eigenvalue weighted by atomic mass is 9.89. The Labute approximate surface area is 142 Å². The number of hydrogen-bond acceptors (Lipinski definition) is 6. The van der Waals surface area contributed by atoms with E-state index in [4.69, 9.17) is 0 Å². The molecule has 0 aliphatic heterocycles. The number of hydrogen-bond donors (Lipinski definition) is 2. The Morgan fingerprint density at radius 2 is 2.22 bits per heavy atom. The first-order chi connectivity index (χ1) is 11.0. The summed E-state index contributed by atoms with van der Waals surface area (Å²) < 4.78 is 0. The second kappa shape index (κ2) is 6.84. The molecule has 2 heterocycles. The summed E-state index contributed by atoms with van der Waals surface area (Å²) in [6.07, 6.45) is 4.89. The summed E-state index contributed by atoms with van der Waals surface area (Å²) in [6, 6.07) is 0. The zero-order chi connectivity index (χ0) is 16.4. The van der Waals surface area contributed by atoms with Crippen molar-refractivity contribution in [3.63, 3.8) is 0 Å². The minimum atomic E-state index is -0.297. The van der Waals surface area contributed by atoms with E-state index >= 15 is 0 Å². The maximum atomic E-state index is 11.7. The summed E-state index contributed by atoms with van der Waals surface area (Å²) in [5.74, 6) is 0.361. The molecule has 0 spiro atoms. The van der Waals surface area contributed by atoms with Gasteiger partial charge in [0.25, 0.3) is 0 Å². The summed E-state index contributed by atoms with van der Waals surface area (Å²) >= 11 is 3.12. The number of aryl methyl sites for hydroxylation is 1. The second-order valence-electron chi connectivity index (χ2n) is 5.73. The number of aromatic nitrogens is 2. The van der Waals surface area contributed by atoms with Crippen molar-refractivity contribution in [2.45, 2.75) is 38.1 Å². The molecule has 3 rings (SSSR count). The van der Waals surface area contributed by atoms with Gasteiger partial charge in [-0.2, -0.15) is 0 Å². The quantitative estimate of drug-likeness (QED) is 0.503. The highest BCUT2D eigenvalue weighted by atomic mass is 32.2. The number of fused-ring (bicyclic) bond motifs is 3. The van der Waals surface area contributed by atoms with E-state index in [1.54, 1.807) is 17.7 Å². The van der Waals surface area contributed by atoms with Crippen molar-refractivity contribution < 1.29 is 9.59 Å². The molecule has 23 heavy (non-hydrogen) atoms. The molecule has 0 aromatic carbocycles. The summed E-state index contributed by atoms with van der Waals surface area (Å²) in [6.45, 7) is 3.63. The van der Waals surface area contributed by atoms with Crippen LogP contribution in [0.25, 0.3) is 10.2 Å². The fourth-order valence-corrected chi connectivity index (χ4v) is 4.92. The molecule has 1 aliphatic rings. The Balaban J connectivity index is 1.79. The van der Waals surface area contributed by atoms with Crippen molar-refractivity contribution in [3.05, 3.63) is 16.8 Å². The number of carbonyl (C=O) groups excluding carboxylic acids is 2. The largest absolute Gasteiger partial charge is 0.274 e. The monoisotopic (exact) mass is 350 g/mol. The zero-order valence-electron chi connectivity index (χ0n) is 13.0. The lowest BCUT2D eigenvalue weighted by molar-refractivity contribution is -0.126. The highest BCUT2D eigenvalue weighted by molar-refractivity contribution is 8.00. The van der Waals surface area contributed by atoms with Crippen LogP contribution >= 0.6 is 23.1 Å². The number of rotatable bonds is 3. The first-order valence-corrected chi connectivity index (χ1v) is 9.28. The molecule has 6 nitrogen and oxygen atoms in total. The maximum Gasteiger partial charge on any atom is 0.248 e. The molecule has 0 radical (unpaired) electrons. The number of thiophene rings is 1. The fraction of sp³-hybridized carbons (Fsp3) is 0.467. The van der Waals surface area contributed by atoms with Crippen LogP contribution in [0.2, 0.25) is 0 Å². The number of hydrazine groups is 1. The van der Waals surface area contributed by atoms with E-state index in [1.165, 1.54) is 35.5 Å². The van der Waals surface area contributed by atoms with Gasteiger partial charge in [0.2, 0.25) is 11.8 Å². The third kappa shape index (κ3) is 3.64. The molecule has 0 unspecified atom stereocenters.